The maximum atomic E-state index is 12.1. The molecule has 4 rings (SSSR count). The Balaban J connectivity index is 1.57. The molecule has 202 valence electrons. The van der Waals surface area contributed by atoms with Crippen molar-refractivity contribution in [3.05, 3.63) is 111 Å². The summed E-state index contributed by atoms with van der Waals surface area (Å²) in [5.41, 5.74) is 5.00. The van der Waals surface area contributed by atoms with E-state index in [1.807, 2.05) is 68.4 Å². The number of ketones is 1. The molecule has 4 aromatic rings. The number of nitrogens with one attached hydrogen (secondary N) is 1. The van der Waals surface area contributed by atoms with Crippen molar-refractivity contribution in [2.24, 2.45) is 5.92 Å². The Kier molecular flexibility index (Phi) is 10.2. The molecule has 39 heavy (non-hydrogen) atoms. The summed E-state index contributed by atoms with van der Waals surface area (Å²) in [7, 11) is 0. The summed E-state index contributed by atoms with van der Waals surface area (Å²) in [5.74, 6) is 1.40. The van der Waals surface area contributed by atoms with Crippen LogP contribution < -0.4 is 14.8 Å². The second-order valence-electron chi connectivity index (χ2n) is 9.69. The fourth-order valence-corrected chi connectivity index (χ4v) is 5.21. The highest BCUT2D eigenvalue weighted by Gasteiger charge is 2.20. The zero-order valence-corrected chi connectivity index (χ0v) is 24.6. The van der Waals surface area contributed by atoms with Crippen LogP contribution in [0.15, 0.2) is 89.7 Å². The molecular weight excluding hydrogens is 576 g/mol. The second kappa shape index (κ2) is 13.7. The van der Waals surface area contributed by atoms with Gasteiger partial charge >= 0.3 is 0 Å². The van der Waals surface area contributed by atoms with Gasteiger partial charge in [0.05, 0.1) is 11.1 Å². The van der Waals surface area contributed by atoms with Crippen molar-refractivity contribution < 1.29 is 14.3 Å². The number of benzene rings is 3. The van der Waals surface area contributed by atoms with Crippen LogP contribution in [0.25, 0.3) is 11.1 Å². The molecular formula is C32H32BrClN2O3. The third-order valence-electron chi connectivity index (χ3n) is 6.40. The van der Waals surface area contributed by atoms with Gasteiger partial charge in [0.2, 0.25) is 0 Å². The van der Waals surface area contributed by atoms with E-state index in [2.05, 4.69) is 44.4 Å². The van der Waals surface area contributed by atoms with Gasteiger partial charge in [0.15, 0.2) is 0 Å². The van der Waals surface area contributed by atoms with Crippen LogP contribution in [0, 0.1) is 5.92 Å². The third-order valence-corrected chi connectivity index (χ3v) is 7.63. The lowest BCUT2D eigenvalue weighted by Crippen LogP contribution is -2.39. The highest BCUT2D eigenvalue weighted by Crippen LogP contribution is 2.36. The van der Waals surface area contributed by atoms with Gasteiger partial charge in [0.1, 0.15) is 30.5 Å². The van der Waals surface area contributed by atoms with E-state index in [1.165, 1.54) is 0 Å². The Bertz CT molecular complexity index is 1400. The predicted octanol–water partition coefficient (Wildman–Crippen LogP) is 8.03. The molecule has 1 atom stereocenters. The van der Waals surface area contributed by atoms with Crippen molar-refractivity contribution in [1.29, 1.82) is 0 Å². The molecule has 0 radical (unpaired) electrons. The summed E-state index contributed by atoms with van der Waals surface area (Å²) in [6.07, 6.45) is 3.50. The second-order valence-corrected chi connectivity index (χ2v) is 10.9. The van der Waals surface area contributed by atoms with Crippen molar-refractivity contribution in [3.8, 4) is 22.6 Å². The molecule has 0 saturated heterocycles. The van der Waals surface area contributed by atoms with Gasteiger partial charge in [-0.1, -0.05) is 80.0 Å². The summed E-state index contributed by atoms with van der Waals surface area (Å²) in [6, 6.07) is 23.6. The molecule has 0 fully saturated rings. The number of pyridine rings is 1. The Morgan fingerprint density at radius 1 is 0.949 bits per heavy atom. The molecule has 0 amide bonds. The molecule has 0 aliphatic rings. The third kappa shape index (κ3) is 7.69. The van der Waals surface area contributed by atoms with Crippen molar-refractivity contribution >= 4 is 33.3 Å². The topological polar surface area (TPSA) is 60.5 Å². The van der Waals surface area contributed by atoms with E-state index >= 15 is 0 Å². The number of Topliss-reactive ketones (excluding diaryl/α,β-unsaturated/α-hetero) is 1. The average Bonchev–Trinajstić information content (AvgIpc) is 2.93. The molecule has 1 unspecified atom stereocenters. The smallest absolute Gasteiger partial charge is 0.146 e. The van der Waals surface area contributed by atoms with Crippen molar-refractivity contribution in [3.63, 3.8) is 0 Å². The average molecular weight is 608 g/mol. The fraction of sp³-hybridized carbons (Fsp3) is 0.250. The van der Waals surface area contributed by atoms with E-state index < -0.39 is 0 Å². The number of carbonyl (C=O) groups excluding carboxylic acids is 1. The van der Waals surface area contributed by atoms with Gasteiger partial charge in [-0.3, -0.25) is 9.78 Å². The standard InChI is InChI=1S/C32H32BrClN2O3/c1-21(2)32(22(3)37)36-18-26-15-28(34)30(16-29(26)38-19-23-9-8-14-35-17-23)39-20-25-12-7-13-27(31(25)33)24-10-5-4-6-11-24/h4-17,21,32,36H,18-20H2,1-3H3. The lowest BCUT2D eigenvalue weighted by Gasteiger charge is -2.21. The minimum atomic E-state index is -0.264. The van der Waals surface area contributed by atoms with E-state index in [-0.39, 0.29) is 17.7 Å². The number of ether oxygens (including phenoxy) is 2. The van der Waals surface area contributed by atoms with Crippen LogP contribution in [0.3, 0.4) is 0 Å². The number of carbonyl (C=O) groups is 1. The monoisotopic (exact) mass is 606 g/mol. The highest BCUT2D eigenvalue weighted by molar-refractivity contribution is 9.10. The van der Waals surface area contributed by atoms with Gasteiger partial charge in [-0.05, 0) is 52.0 Å². The summed E-state index contributed by atoms with van der Waals surface area (Å²) in [5, 5.41) is 3.83. The Morgan fingerprint density at radius 3 is 2.41 bits per heavy atom. The Hall–Kier alpha value is -3.19. The van der Waals surface area contributed by atoms with Crippen molar-refractivity contribution in [1.82, 2.24) is 10.3 Å². The van der Waals surface area contributed by atoms with E-state index in [9.17, 15) is 4.79 Å². The normalized spacial score (nSPS) is 11.8. The van der Waals surface area contributed by atoms with Crippen LogP contribution in [-0.4, -0.2) is 16.8 Å². The molecule has 0 saturated carbocycles. The molecule has 0 aliphatic heterocycles. The van der Waals surface area contributed by atoms with E-state index in [1.54, 1.807) is 19.3 Å². The van der Waals surface area contributed by atoms with Crippen LogP contribution in [0.2, 0.25) is 5.02 Å². The van der Waals surface area contributed by atoms with Gasteiger partial charge in [-0.2, -0.15) is 0 Å². The first kappa shape index (κ1) is 28.8. The van der Waals surface area contributed by atoms with Gasteiger partial charge in [0.25, 0.3) is 0 Å². The Labute approximate surface area is 243 Å². The SMILES string of the molecule is CC(=O)C(NCc1cc(Cl)c(OCc2cccc(-c3ccccc3)c2Br)cc1OCc1cccnc1)C(C)C. The summed E-state index contributed by atoms with van der Waals surface area (Å²) >= 11 is 10.5. The van der Waals surface area contributed by atoms with Crippen molar-refractivity contribution in [2.45, 2.75) is 46.6 Å². The molecule has 3 aromatic carbocycles. The molecule has 0 bridgehead atoms. The number of rotatable bonds is 12. The minimum absolute atomic E-state index is 0.0946. The van der Waals surface area contributed by atoms with Crippen LogP contribution in [0.1, 0.15) is 37.5 Å². The first-order valence-electron chi connectivity index (χ1n) is 12.9. The molecule has 7 heteroatoms. The van der Waals surface area contributed by atoms with Gasteiger partial charge in [-0.25, -0.2) is 0 Å². The number of hydrogen-bond donors (Lipinski definition) is 1. The maximum absolute atomic E-state index is 12.1. The number of halogens is 2. The maximum Gasteiger partial charge on any atom is 0.146 e. The number of hydrogen-bond acceptors (Lipinski definition) is 5. The molecule has 0 spiro atoms. The van der Waals surface area contributed by atoms with Crippen LogP contribution in [0.4, 0.5) is 0 Å². The first-order chi connectivity index (χ1) is 18.8. The van der Waals surface area contributed by atoms with Crippen LogP contribution in [-0.2, 0) is 24.6 Å². The fourth-order valence-electron chi connectivity index (χ4n) is 4.36. The summed E-state index contributed by atoms with van der Waals surface area (Å²) in [4.78, 5) is 16.3. The molecule has 0 aliphatic carbocycles. The molecule has 5 nitrogen and oxygen atoms in total. The highest BCUT2D eigenvalue weighted by atomic mass is 79.9. The van der Waals surface area contributed by atoms with E-state index in [0.29, 0.717) is 36.3 Å². The summed E-state index contributed by atoms with van der Waals surface area (Å²) < 4.78 is 13.4. The number of nitrogens with zero attached hydrogens (tertiary/aromatic N) is 1. The van der Waals surface area contributed by atoms with Crippen molar-refractivity contribution in [2.75, 3.05) is 0 Å². The molecule has 1 heterocycles. The zero-order chi connectivity index (χ0) is 27.8. The lowest BCUT2D eigenvalue weighted by molar-refractivity contribution is -0.120. The van der Waals surface area contributed by atoms with Gasteiger partial charge in [0, 0.05) is 46.2 Å². The quantitative estimate of drug-likeness (QED) is 0.177. The van der Waals surface area contributed by atoms with E-state index in [4.69, 9.17) is 21.1 Å². The Morgan fingerprint density at radius 2 is 1.72 bits per heavy atom. The van der Waals surface area contributed by atoms with E-state index in [0.717, 1.165) is 32.3 Å². The van der Waals surface area contributed by atoms with Crippen LogP contribution >= 0.6 is 27.5 Å². The largest absolute Gasteiger partial charge is 0.488 e. The molecule has 1 aromatic heterocycles. The lowest BCUT2D eigenvalue weighted by atomic mass is 10.0. The first-order valence-corrected chi connectivity index (χ1v) is 14.0. The van der Waals surface area contributed by atoms with Gasteiger partial charge < -0.3 is 14.8 Å². The zero-order valence-electron chi connectivity index (χ0n) is 22.3. The molecule has 1 N–H and O–H groups in total. The van der Waals surface area contributed by atoms with Gasteiger partial charge in [-0.15, -0.1) is 0 Å². The number of aromatic nitrogens is 1. The van der Waals surface area contributed by atoms with Crippen LogP contribution in [0.5, 0.6) is 11.5 Å². The summed E-state index contributed by atoms with van der Waals surface area (Å²) in [6.45, 7) is 6.73. The predicted molar refractivity (Wildman–Crippen MR) is 160 cm³/mol. The minimum Gasteiger partial charge on any atom is -0.488 e.